The van der Waals surface area contributed by atoms with Gasteiger partial charge < -0.3 is 15.9 Å². The zero-order valence-corrected chi connectivity index (χ0v) is 7.29. The number of rotatable bonds is 2. The molecule has 0 spiro atoms. The molecule has 0 bridgehead atoms. The van der Waals surface area contributed by atoms with E-state index in [4.69, 9.17) is 10.8 Å². The first kappa shape index (κ1) is 9.95. The van der Waals surface area contributed by atoms with Crippen LogP contribution in [-0.2, 0) is 0 Å². The Kier molecular flexibility index (Phi) is 2.85. The van der Waals surface area contributed by atoms with E-state index in [1.807, 2.05) is 0 Å². The first-order valence-electron chi connectivity index (χ1n) is 3.92. The molecule has 4 heteroatoms. The minimum Gasteiger partial charge on any atom is -0.507 e. The Hall–Kier alpha value is -1.13. The van der Waals surface area contributed by atoms with Gasteiger partial charge >= 0.3 is 0 Å². The zero-order chi connectivity index (χ0) is 10.0. The molecule has 1 atom stereocenters. The first-order valence-corrected chi connectivity index (χ1v) is 3.92. The Morgan fingerprint density at radius 3 is 2.69 bits per heavy atom. The molecule has 0 heterocycles. The molecule has 4 N–H and O–H groups in total. The van der Waals surface area contributed by atoms with Gasteiger partial charge in [-0.3, -0.25) is 0 Å². The minimum atomic E-state index is -0.875. The molecule has 1 aromatic rings. The van der Waals surface area contributed by atoms with Crippen molar-refractivity contribution in [3.63, 3.8) is 0 Å². The normalized spacial score (nSPS) is 12.9. The van der Waals surface area contributed by atoms with Crippen molar-refractivity contribution in [3.05, 3.63) is 29.1 Å². The van der Waals surface area contributed by atoms with Crippen LogP contribution in [0.2, 0.25) is 0 Å². The molecule has 0 amide bonds. The van der Waals surface area contributed by atoms with Crippen LogP contribution < -0.4 is 5.73 Å². The monoisotopic (exact) mass is 185 g/mol. The first-order chi connectivity index (χ1) is 6.07. The third-order valence-electron chi connectivity index (χ3n) is 1.92. The molecular formula is C9H12FNO2. The summed E-state index contributed by atoms with van der Waals surface area (Å²) in [6, 6.07) is 1.95. The molecule has 1 unspecified atom stereocenters. The predicted molar refractivity (Wildman–Crippen MR) is 46.8 cm³/mol. The van der Waals surface area contributed by atoms with E-state index in [2.05, 4.69) is 0 Å². The second kappa shape index (κ2) is 3.72. The van der Waals surface area contributed by atoms with Crippen molar-refractivity contribution in [3.8, 4) is 5.75 Å². The van der Waals surface area contributed by atoms with Crippen LogP contribution in [0, 0.1) is 12.7 Å². The number of phenolic OH excluding ortho intramolecular Hbond substituents is 1. The Morgan fingerprint density at radius 2 is 2.15 bits per heavy atom. The van der Waals surface area contributed by atoms with E-state index in [1.165, 1.54) is 12.1 Å². The van der Waals surface area contributed by atoms with Gasteiger partial charge in [0, 0.05) is 5.56 Å². The standard InChI is InChI=1S/C9H12FNO2/c1-5-2-3-7(13)8(9(5)10)6(11)4-12/h2-3,6,12-13H,4,11H2,1H3. The topological polar surface area (TPSA) is 66.5 Å². The predicted octanol–water partition coefficient (Wildman–Crippen LogP) is 0.832. The van der Waals surface area contributed by atoms with Crippen LogP contribution in [0.4, 0.5) is 4.39 Å². The molecular weight excluding hydrogens is 173 g/mol. The van der Waals surface area contributed by atoms with Crippen LogP contribution in [0.5, 0.6) is 5.75 Å². The Morgan fingerprint density at radius 1 is 1.54 bits per heavy atom. The summed E-state index contributed by atoms with van der Waals surface area (Å²) < 4.78 is 13.3. The molecule has 1 aromatic carbocycles. The maximum atomic E-state index is 13.3. The molecule has 0 aliphatic rings. The van der Waals surface area contributed by atoms with Gasteiger partial charge in [0.1, 0.15) is 11.6 Å². The van der Waals surface area contributed by atoms with E-state index < -0.39 is 18.5 Å². The highest BCUT2D eigenvalue weighted by Gasteiger charge is 2.16. The van der Waals surface area contributed by atoms with E-state index in [0.29, 0.717) is 5.56 Å². The van der Waals surface area contributed by atoms with Crippen molar-refractivity contribution in [2.75, 3.05) is 6.61 Å². The third kappa shape index (κ3) is 1.79. The number of phenols is 1. The number of nitrogens with two attached hydrogens (primary N) is 1. The molecule has 1 rings (SSSR count). The van der Waals surface area contributed by atoms with E-state index in [9.17, 15) is 9.50 Å². The minimum absolute atomic E-state index is 0.0255. The molecule has 0 saturated heterocycles. The lowest BCUT2D eigenvalue weighted by molar-refractivity contribution is 0.262. The van der Waals surface area contributed by atoms with E-state index >= 15 is 0 Å². The van der Waals surface area contributed by atoms with Crippen molar-refractivity contribution in [1.82, 2.24) is 0 Å². The number of hydrogen-bond acceptors (Lipinski definition) is 3. The van der Waals surface area contributed by atoms with Crippen LogP contribution in [0.3, 0.4) is 0 Å². The lowest BCUT2D eigenvalue weighted by atomic mass is 10.0. The quantitative estimate of drug-likeness (QED) is 0.639. The largest absolute Gasteiger partial charge is 0.507 e. The molecule has 0 aliphatic carbocycles. The van der Waals surface area contributed by atoms with Gasteiger partial charge in [0.05, 0.1) is 12.6 Å². The summed E-state index contributed by atoms with van der Waals surface area (Å²) in [5, 5.41) is 18.0. The Balaban J connectivity index is 3.25. The van der Waals surface area contributed by atoms with Crippen LogP contribution in [0.1, 0.15) is 17.2 Å². The molecule has 0 aromatic heterocycles. The fourth-order valence-corrected chi connectivity index (χ4v) is 1.14. The van der Waals surface area contributed by atoms with Gasteiger partial charge in [-0.25, -0.2) is 4.39 Å². The van der Waals surface area contributed by atoms with Gasteiger partial charge in [-0.15, -0.1) is 0 Å². The Bertz CT molecular complexity index is 315. The summed E-state index contributed by atoms with van der Waals surface area (Å²) in [5.41, 5.74) is 5.79. The molecule has 13 heavy (non-hydrogen) atoms. The van der Waals surface area contributed by atoms with Crippen LogP contribution >= 0.6 is 0 Å². The average Bonchev–Trinajstić information content (AvgIpc) is 2.12. The smallest absolute Gasteiger partial charge is 0.134 e. The maximum Gasteiger partial charge on any atom is 0.134 e. The molecule has 0 saturated carbocycles. The summed E-state index contributed by atoms with van der Waals surface area (Å²) in [4.78, 5) is 0. The van der Waals surface area contributed by atoms with Crippen molar-refractivity contribution < 1.29 is 14.6 Å². The highest BCUT2D eigenvalue weighted by Crippen LogP contribution is 2.27. The Labute approximate surface area is 75.6 Å². The SMILES string of the molecule is Cc1ccc(O)c(C(N)CO)c1F. The molecule has 72 valence electrons. The van der Waals surface area contributed by atoms with Crippen molar-refractivity contribution in [2.24, 2.45) is 5.73 Å². The lowest BCUT2D eigenvalue weighted by Gasteiger charge is -2.12. The number of aromatic hydroxyl groups is 1. The van der Waals surface area contributed by atoms with Crippen LogP contribution in [0.25, 0.3) is 0 Å². The number of aryl methyl sites for hydroxylation is 1. The maximum absolute atomic E-state index is 13.3. The third-order valence-corrected chi connectivity index (χ3v) is 1.92. The van der Waals surface area contributed by atoms with Crippen LogP contribution in [-0.4, -0.2) is 16.8 Å². The zero-order valence-electron chi connectivity index (χ0n) is 7.29. The number of aliphatic hydroxyl groups is 1. The second-order valence-electron chi connectivity index (χ2n) is 2.92. The van der Waals surface area contributed by atoms with Gasteiger partial charge in [-0.1, -0.05) is 6.07 Å². The van der Waals surface area contributed by atoms with Crippen molar-refractivity contribution in [1.29, 1.82) is 0 Å². The average molecular weight is 185 g/mol. The summed E-state index contributed by atoms with van der Waals surface area (Å²) in [6.45, 7) is 1.18. The van der Waals surface area contributed by atoms with Gasteiger partial charge in [0.25, 0.3) is 0 Å². The van der Waals surface area contributed by atoms with Crippen LogP contribution in [0.15, 0.2) is 12.1 Å². The molecule has 0 aliphatic heterocycles. The highest BCUT2D eigenvalue weighted by molar-refractivity contribution is 5.39. The molecule has 0 radical (unpaired) electrons. The fraction of sp³-hybridized carbons (Fsp3) is 0.333. The molecule has 3 nitrogen and oxygen atoms in total. The van der Waals surface area contributed by atoms with Crippen molar-refractivity contribution in [2.45, 2.75) is 13.0 Å². The van der Waals surface area contributed by atoms with E-state index in [0.717, 1.165) is 0 Å². The summed E-state index contributed by atoms with van der Waals surface area (Å²) in [5.74, 6) is -0.772. The summed E-state index contributed by atoms with van der Waals surface area (Å²) in [6.07, 6.45) is 0. The number of benzene rings is 1. The van der Waals surface area contributed by atoms with E-state index in [1.54, 1.807) is 6.92 Å². The summed E-state index contributed by atoms with van der Waals surface area (Å²) in [7, 11) is 0. The highest BCUT2D eigenvalue weighted by atomic mass is 19.1. The number of hydrogen-bond donors (Lipinski definition) is 3. The van der Waals surface area contributed by atoms with Gasteiger partial charge in [0.15, 0.2) is 0 Å². The summed E-state index contributed by atoms with van der Waals surface area (Å²) >= 11 is 0. The van der Waals surface area contributed by atoms with Gasteiger partial charge in [-0.05, 0) is 18.6 Å². The molecule has 0 fully saturated rings. The van der Waals surface area contributed by atoms with E-state index in [-0.39, 0.29) is 11.3 Å². The second-order valence-corrected chi connectivity index (χ2v) is 2.92. The fourth-order valence-electron chi connectivity index (χ4n) is 1.14. The van der Waals surface area contributed by atoms with Gasteiger partial charge in [0.2, 0.25) is 0 Å². The van der Waals surface area contributed by atoms with Crippen molar-refractivity contribution >= 4 is 0 Å². The lowest BCUT2D eigenvalue weighted by Crippen LogP contribution is -2.16. The number of aliphatic hydroxyl groups excluding tert-OH is 1. The number of halogens is 1. The van der Waals surface area contributed by atoms with Gasteiger partial charge in [-0.2, -0.15) is 0 Å².